The lowest BCUT2D eigenvalue weighted by atomic mass is 10.1. The molecule has 136 valence electrons. The van der Waals surface area contributed by atoms with Gasteiger partial charge < -0.3 is 5.32 Å². The number of nitrogens with zero attached hydrogens (tertiary/aromatic N) is 4. The maximum absolute atomic E-state index is 4.33. The summed E-state index contributed by atoms with van der Waals surface area (Å²) in [6.07, 6.45) is 17.0. The van der Waals surface area contributed by atoms with E-state index in [1.807, 2.05) is 13.2 Å². The number of anilines is 1. The number of aromatic nitrogens is 4. The summed E-state index contributed by atoms with van der Waals surface area (Å²) in [5.41, 5.74) is 0.880. The molecule has 0 saturated carbocycles. The van der Waals surface area contributed by atoms with Crippen molar-refractivity contribution in [2.24, 2.45) is 7.05 Å². The minimum Gasteiger partial charge on any atom is -0.369 e. The van der Waals surface area contributed by atoms with Crippen LogP contribution in [-0.2, 0) is 7.05 Å². The minimum absolute atomic E-state index is 0. The summed E-state index contributed by atoms with van der Waals surface area (Å²) >= 11 is 0. The molecule has 24 heavy (non-hydrogen) atoms. The van der Waals surface area contributed by atoms with Gasteiger partial charge in [-0.05, 0) is 6.42 Å². The third-order valence-corrected chi connectivity index (χ3v) is 4.35. The zero-order valence-corrected chi connectivity index (χ0v) is 15.9. The Hall–Kier alpha value is -1.36. The Morgan fingerprint density at radius 1 is 0.917 bits per heavy atom. The SMILES string of the molecule is CCCCCCCCCCCCNc1ncnc2c1cnn2C.Cl. The summed E-state index contributed by atoms with van der Waals surface area (Å²) in [5.74, 6) is 0.902. The summed E-state index contributed by atoms with van der Waals surface area (Å²) < 4.78 is 1.78. The Labute approximate surface area is 152 Å². The van der Waals surface area contributed by atoms with Crippen LogP contribution in [0.3, 0.4) is 0 Å². The van der Waals surface area contributed by atoms with Crippen molar-refractivity contribution in [1.82, 2.24) is 19.7 Å². The van der Waals surface area contributed by atoms with E-state index in [2.05, 4.69) is 27.3 Å². The number of aryl methyl sites for hydroxylation is 1. The summed E-state index contributed by atoms with van der Waals surface area (Å²) in [7, 11) is 1.90. The van der Waals surface area contributed by atoms with E-state index in [0.29, 0.717) is 0 Å². The predicted octanol–water partition coefficient (Wildman–Crippen LogP) is 5.12. The molecular weight excluding hydrogens is 322 g/mol. The van der Waals surface area contributed by atoms with Crippen molar-refractivity contribution in [1.29, 1.82) is 0 Å². The van der Waals surface area contributed by atoms with Crippen molar-refractivity contribution >= 4 is 29.3 Å². The number of unbranched alkanes of at least 4 members (excludes halogenated alkanes) is 9. The van der Waals surface area contributed by atoms with E-state index in [1.54, 1.807) is 11.0 Å². The van der Waals surface area contributed by atoms with E-state index in [-0.39, 0.29) is 12.4 Å². The first-order chi connectivity index (χ1) is 11.3. The molecule has 0 saturated heterocycles. The third kappa shape index (κ3) is 6.63. The Kier molecular flexibility index (Phi) is 10.4. The van der Waals surface area contributed by atoms with Gasteiger partial charge in [0.25, 0.3) is 0 Å². The van der Waals surface area contributed by atoms with Crippen LogP contribution in [0.4, 0.5) is 5.82 Å². The molecule has 6 heteroatoms. The molecule has 2 heterocycles. The number of hydrogen-bond donors (Lipinski definition) is 1. The van der Waals surface area contributed by atoms with E-state index in [9.17, 15) is 0 Å². The van der Waals surface area contributed by atoms with Gasteiger partial charge in [-0.1, -0.05) is 64.7 Å². The van der Waals surface area contributed by atoms with Crippen molar-refractivity contribution in [3.8, 4) is 0 Å². The Morgan fingerprint density at radius 2 is 1.54 bits per heavy atom. The zero-order chi connectivity index (χ0) is 16.3. The number of halogens is 1. The summed E-state index contributed by atoms with van der Waals surface area (Å²) in [5, 5.41) is 8.66. The predicted molar refractivity (Wildman–Crippen MR) is 104 cm³/mol. The van der Waals surface area contributed by atoms with Crippen LogP contribution in [0.25, 0.3) is 11.0 Å². The van der Waals surface area contributed by atoms with Crippen LogP contribution >= 0.6 is 12.4 Å². The molecule has 0 aliphatic carbocycles. The van der Waals surface area contributed by atoms with Crippen molar-refractivity contribution in [3.05, 3.63) is 12.5 Å². The molecule has 5 nitrogen and oxygen atoms in total. The smallest absolute Gasteiger partial charge is 0.163 e. The standard InChI is InChI=1S/C18H31N5.ClH/c1-3-4-5-6-7-8-9-10-11-12-13-19-17-16-14-22-23(2)18(16)21-15-20-17;/h14-15H,3-13H2,1-2H3,(H,19,20,21);1H. The van der Waals surface area contributed by atoms with Crippen LogP contribution in [-0.4, -0.2) is 26.3 Å². The average Bonchev–Trinajstić information content (AvgIpc) is 2.95. The van der Waals surface area contributed by atoms with E-state index in [1.165, 1.54) is 64.2 Å². The fourth-order valence-corrected chi connectivity index (χ4v) is 2.92. The van der Waals surface area contributed by atoms with Crippen LogP contribution in [0, 0.1) is 0 Å². The molecule has 0 aliphatic heterocycles. The number of fused-ring (bicyclic) bond motifs is 1. The van der Waals surface area contributed by atoms with Gasteiger partial charge in [-0.25, -0.2) is 9.97 Å². The molecule has 0 amide bonds. The minimum atomic E-state index is 0. The Morgan fingerprint density at radius 3 is 2.21 bits per heavy atom. The number of rotatable bonds is 12. The van der Waals surface area contributed by atoms with E-state index >= 15 is 0 Å². The Balaban J connectivity index is 0.00000288. The topological polar surface area (TPSA) is 55.6 Å². The van der Waals surface area contributed by atoms with Gasteiger partial charge in [-0.2, -0.15) is 5.10 Å². The lowest BCUT2D eigenvalue weighted by Crippen LogP contribution is -2.04. The fourth-order valence-electron chi connectivity index (χ4n) is 2.92. The van der Waals surface area contributed by atoms with Crippen LogP contribution in [0.5, 0.6) is 0 Å². The molecule has 2 rings (SSSR count). The highest BCUT2D eigenvalue weighted by molar-refractivity contribution is 5.86. The average molecular weight is 354 g/mol. The van der Waals surface area contributed by atoms with Gasteiger partial charge in [-0.3, -0.25) is 4.68 Å². The van der Waals surface area contributed by atoms with Crippen molar-refractivity contribution in [2.75, 3.05) is 11.9 Å². The molecule has 0 radical (unpaired) electrons. The highest BCUT2D eigenvalue weighted by atomic mass is 35.5. The highest BCUT2D eigenvalue weighted by Gasteiger charge is 2.06. The van der Waals surface area contributed by atoms with Crippen molar-refractivity contribution in [3.63, 3.8) is 0 Å². The molecule has 0 bridgehead atoms. The van der Waals surface area contributed by atoms with Gasteiger partial charge in [0.1, 0.15) is 12.1 Å². The van der Waals surface area contributed by atoms with Crippen LogP contribution in [0.1, 0.15) is 71.1 Å². The Bertz CT molecular complexity index is 570. The van der Waals surface area contributed by atoms with Gasteiger partial charge in [0, 0.05) is 13.6 Å². The number of nitrogens with one attached hydrogen (secondary N) is 1. The molecule has 0 fully saturated rings. The molecule has 0 aromatic carbocycles. The molecule has 0 aliphatic rings. The lowest BCUT2D eigenvalue weighted by Gasteiger charge is -2.06. The van der Waals surface area contributed by atoms with Gasteiger partial charge >= 0.3 is 0 Å². The largest absolute Gasteiger partial charge is 0.369 e. The maximum Gasteiger partial charge on any atom is 0.163 e. The van der Waals surface area contributed by atoms with Crippen LogP contribution in [0.15, 0.2) is 12.5 Å². The van der Waals surface area contributed by atoms with E-state index in [0.717, 1.165) is 23.4 Å². The summed E-state index contributed by atoms with van der Waals surface area (Å²) in [6, 6.07) is 0. The van der Waals surface area contributed by atoms with Crippen molar-refractivity contribution in [2.45, 2.75) is 71.1 Å². The molecular formula is C18H32ClN5. The molecule has 1 N–H and O–H groups in total. The monoisotopic (exact) mass is 353 g/mol. The van der Waals surface area contributed by atoms with Crippen molar-refractivity contribution < 1.29 is 0 Å². The first-order valence-electron chi connectivity index (χ1n) is 9.19. The fraction of sp³-hybridized carbons (Fsp3) is 0.722. The van der Waals surface area contributed by atoms with Gasteiger partial charge in [0.15, 0.2) is 5.65 Å². The highest BCUT2D eigenvalue weighted by Crippen LogP contribution is 2.17. The first-order valence-corrected chi connectivity index (χ1v) is 9.19. The van der Waals surface area contributed by atoms with Crippen LogP contribution in [0.2, 0.25) is 0 Å². The third-order valence-electron chi connectivity index (χ3n) is 4.35. The van der Waals surface area contributed by atoms with E-state index in [4.69, 9.17) is 0 Å². The second-order valence-corrected chi connectivity index (χ2v) is 6.34. The molecule has 2 aromatic rings. The second-order valence-electron chi connectivity index (χ2n) is 6.34. The van der Waals surface area contributed by atoms with Gasteiger partial charge in [0.2, 0.25) is 0 Å². The summed E-state index contributed by atoms with van der Waals surface area (Å²) in [4.78, 5) is 8.58. The van der Waals surface area contributed by atoms with Gasteiger partial charge in [-0.15, -0.1) is 12.4 Å². The quantitative estimate of drug-likeness (QED) is 0.538. The zero-order valence-electron chi connectivity index (χ0n) is 15.1. The summed E-state index contributed by atoms with van der Waals surface area (Å²) in [6.45, 7) is 3.24. The molecule has 0 atom stereocenters. The van der Waals surface area contributed by atoms with Gasteiger partial charge in [0.05, 0.1) is 11.6 Å². The normalized spacial score (nSPS) is 10.8. The van der Waals surface area contributed by atoms with E-state index < -0.39 is 0 Å². The first kappa shape index (κ1) is 20.7. The number of hydrogen-bond acceptors (Lipinski definition) is 4. The molecule has 0 unspecified atom stereocenters. The molecule has 2 aromatic heterocycles. The maximum atomic E-state index is 4.33. The molecule has 0 spiro atoms. The second kappa shape index (κ2) is 12.1. The lowest BCUT2D eigenvalue weighted by molar-refractivity contribution is 0.560. The van der Waals surface area contributed by atoms with Crippen LogP contribution < -0.4 is 5.32 Å².